The van der Waals surface area contributed by atoms with Crippen LogP contribution in [0, 0.1) is 40.4 Å². The fourth-order valence-electron chi connectivity index (χ4n) is 7.84. The normalized spacial score (nSPS) is 58.9. The van der Waals surface area contributed by atoms with Gasteiger partial charge < -0.3 is 10.9 Å². The topological polar surface area (TPSA) is 58.6 Å². The summed E-state index contributed by atoms with van der Waals surface area (Å²) in [5.41, 5.74) is 1.38. The molecule has 4 aliphatic carbocycles. The van der Waals surface area contributed by atoms with E-state index in [0.29, 0.717) is 11.3 Å². The Balaban J connectivity index is 1.64. The summed E-state index contributed by atoms with van der Waals surface area (Å²) in [6.07, 6.45) is 9.81. The summed E-state index contributed by atoms with van der Waals surface area (Å²) >= 11 is 0. The molecule has 136 valence electrons. The van der Waals surface area contributed by atoms with Crippen molar-refractivity contribution >= 4 is 5.71 Å². The van der Waals surface area contributed by atoms with Crippen molar-refractivity contribution in [1.82, 2.24) is 0 Å². The molecule has 0 bridgehead atoms. The lowest BCUT2D eigenvalue weighted by Gasteiger charge is -2.61. The van der Waals surface area contributed by atoms with E-state index >= 15 is 0 Å². The number of nitrogens with two attached hydrogens (primary N) is 1. The van der Waals surface area contributed by atoms with E-state index in [1.165, 1.54) is 44.2 Å². The first-order valence-electron chi connectivity index (χ1n) is 10.2. The average molecular weight is 333 g/mol. The predicted molar refractivity (Wildman–Crippen MR) is 98.5 cm³/mol. The highest BCUT2D eigenvalue weighted by molar-refractivity contribution is 5.87. The molecule has 0 aliphatic heterocycles. The first-order chi connectivity index (χ1) is 11.2. The van der Waals surface area contributed by atoms with E-state index < -0.39 is 5.60 Å². The molecule has 8 atom stereocenters. The Bertz CT molecular complexity index is 556. The molecule has 4 rings (SSSR count). The van der Waals surface area contributed by atoms with Gasteiger partial charge in [-0.25, -0.2) is 0 Å². The Morgan fingerprint density at radius 2 is 1.75 bits per heavy atom. The smallest absolute Gasteiger partial charge is 0.0675 e. The van der Waals surface area contributed by atoms with Gasteiger partial charge in [-0.15, -0.1) is 0 Å². The van der Waals surface area contributed by atoms with E-state index in [-0.39, 0.29) is 5.41 Å². The van der Waals surface area contributed by atoms with Crippen LogP contribution in [-0.4, -0.2) is 16.4 Å². The molecule has 3 heteroatoms. The molecule has 0 amide bonds. The molecule has 24 heavy (non-hydrogen) atoms. The molecule has 3 nitrogen and oxygen atoms in total. The molecule has 0 aromatic heterocycles. The van der Waals surface area contributed by atoms with Crippen LogP contribution >= 0.6 is 0 Å². The van der Waals surface area contributed by atoms with Crippen molar-refractivity contribution in [2.24, 2.45) is 51.4 Å². The van der Waals surface area contributed by atoms with Gasteiger partial charge in [0.2, 0.25) is 0 Å². The maximum Gasteiger partial charge on any atom is 0.0675 e. The molecular weight excluding hydrogens is 296 g/mol. The molecule has 0 radical (unpaired) electrons. The highest BCUT2D eigenvalue weighted by Crippen LogP contribution is 2.68. The lowest BCUT2D eigenvalue weighted by atomic mass is 9.44. The van der Waals surface area contributed by atoms with Crippen LogP contribution in [0.4, 0.5) is 0 Å². The van der Waals surface area contributed by atoms with Gasteiger partial charge >= 0.3 is 0 Å². The Morgan fingerprint density at radius 1 is 1.04 bits per heavy atom. The van der Waals surface area contributed by atoms with Crippen molar-refractivity contribution in [2.45, 2.75) is 84.7 Å². The molecule has 4 saturated carbocycles. The summed E-state index contributed by atoms with van der Waals surface area (Å²) in [6, 6.07) is 0. The van der Waals surface area contributed by atoms with Gasteiger partial charge in [0.25, 0.3) is 0 Å². The molecule has 0 aromatic rings. The Hall–Kier alpha value is -0.570. The molecule has 0 aromatic carbocycles. The highest BCUT2D eigenvalue weighted by Gasteiger charge is 2.63. The van der Waals surface area contributed by atoms with E-state index in [4.69, 9.17) is 5.84 Å². The second-order valence-electron chi connectivity index (χ2n) is 10.4. The summed E-state index contributed by atoms with van der Waals surface area (Å²) in [6.45, 7) is 9.39. The fraction of sp³-hybridized carbons (Fsp3) is 0.952. The fourth-order valence-corrected chi connectivity index (χ4v) is 7.84. The Kier molecular flexibility index (Phi) is 3.67. The van der Waals surface area contributed by atoms with Gasteiger partial charge in [-0.2, -0.15) is 5.10 Å². The van der Waals surface area contributed by atoms with Crippen LogP contribution < -0.4 is 5.84 Å². The number of hydrazone groups is 1. The SMILES string of the molecule is C[C@@H]1C[C@@]2(C)[C@H](CC[C@@H]3[C@H]2CC[C@@]2(C)[C@@H]3CC[C@]2(C)O)CC1=NN. The van der Waals surface area contributed by atoms with Crippen LogP contribution in [0.2, 0.25) is 0 Å². The second-order valence-corrected chi connectivity index (χ2v) is 10.4. The third-order valence-corrected chi connectivity index (χ3v) is 9.56. The van der Waals surface area contributed by atoms with Crippen LogP contribution in [-0.2, 0) is 0 Å². The molecular formula is C21H36N2O. The summed E-state index contributed by atoms with van der Waals surface area (Å²) in [7, 11) is 0. The predicted octanol–water partition coefficient (Wildman–Crippen LogP) is 4.34. The quantitative estimate of drug-likeness (QED) is 0.512. The maximum atomic E-state index is 11.0. The molecule has 0 spiro atoms. The zero-order valence-electron chi connectivity index (χ0n) is 16.0. The van der Waals surface area contributed by atoms with Gasteiger partial charge in [0.05, 0.1) is 5.60 Å². The number of nitrogens with zero attached hydrogens (tertiary/aromatic N) is 1. The van der Waals surface area contributed by atoms with E-state index in [1.807, 2.05) is 0 Å². The summed E-state index contributed by atoms with van der Waals surface area (Å²) in [4.78, 5) is 0. The zero-order chi connectivity index (χ0) is 17.3. The van der Waals surface area contributed by atoms with Gasteiger partial charge in [-0.1, -0.05) is 20.8 Å². The molecule has 4 fully saturated rings. The van der Waals surface area contributed by atoms with Crippen molar-refractivity contribution < 1.29 is 5.11 Å². The molecule has 0 saturated heterocycles. The van der Waals surface area contributed by atoms with Crippen molar-refractivity contribution in [3.05, 3.63) is 0 Å². The van der Waals surface area contributed by atoms with Crippen LogP contribution in [0.1, 0.15) is 79.1 Å². The van der Waals surface area contributed by atoms with Crippen LogP contribution in [0.5, 0.6) is 0 Å². The van der Waals surface area contributed by atoms with Crippen LogP contribution in [0.25, 0.3) is 0 Å². The van der Waals surface area contributed by atoms with Gasteiger partial charge in [0.1, 0.15) is 0 Å². The van der Waals surface area contributed by atoms with E-state index in [2.05, 4.69) is 32.8 Å². The maximum absolute atomic E-state index is 11.0. The van der Waals surface area contributed by atoms with E-state index in [1.54, 1.807) is 0 Å². The van der Waals surface area contributed by atoms with Gasteiger partial charge in [0, 0.05) is 5.71 Å². The van der Waals surface area contributed by atoms with Crippen molar-refractivity contribution in [3.63, 3.8) is 0 Å². The highest BCUT2D eigenvalue weighted by atomic mass is 16.3. The second kappa shape index (κ2) is 5.22. The van der Waals surface area contributed by atoms with Crippen molar-refractivity contribution in [1.29, 1.82) is 0 Å². The van der Waals surface area contributed by atoms with E-state index in [9.17, 15) is 5.11 Å². The van der Waals surface area contributed by atoms with E-state index in [0.717, 1.165) is 36.5 Å². The minimum Gasteiger partial charge on any atom is -0.390 e. The molecule has 0 unspecified atom stereocenters. The van der Waals surface area contributed by atoms with Gasteiger partial charge in [0.15, 0.2) is 0 Å². The van der Waals surface area contributed by atoms with Crippen molar-refractivity contribution in [2.75, 3.05) is 0 Å². The molecule has 4 aliphatic rings. The standard InChI is InChI=1S/C21H36N2O/c1-13-12-19(2)14(11-18(13)23-22)5-6-15-16(19)7-9-20(3)17(15)8-10-21(20,4)24/h13-17,24H,5-12,22H2,1-4H3/t13-,14-,15-,16-,17-,19+,20+,21+/m1/s1. The number of rotatable bonds is 0. The lowest BCUT2D eigenvalue weighted by molar-refractivity contribution is -0.142. The lowest BCUT2D eigenvalue weighted by Crippen LogP contribution is -2.56. The molecule has 3 N–H and O–H groups in total. The van der Waals surface area contributed by atoms with Crippen LogP contribution in [0.15, 0.2) is 5.10 Å². The molecule has 0 heterocycles. The average Bonchev–Trinajstić information content (AvgIpc) is 2.76. The van der Waals surface area contributed by atoms with Gasteiger partial charge in [-0.3, -0.25) is 0 Å². The van der Waals surface area contributed by atoms with Gasteiger partial charge in [-0.05, 0) is 98.7 Å². The number of hydrogen-bond acceptors (Lipinski definition) is 3. The first kappa shape index (κ1) is 16.9. The third kappa shape index (κ3) is 2.03. The number of hydrogen-bond donors (Lipinski definition) is 2. The summed E-state index contributed by atoms with van der Waals surface area (Å²) in [5, 5.41) is 15.1. The number of fused-ring (bicyclic) bond motifs is 5. The zero-order valence-corrected chi connectivity index (χ0v) is 16.0. The minimum atomic E-state index is -0.459. The number of aliphatic hydroxyl groups is 1. The Morgan fingerprint density at radius 3 is 2.46 bits per heavy atom. The first-order valence-corrected chi connectivity index (χ1v) is 10.2. The largest absolute Gasteiger partial charge is 0.390 e. The third-order valence-electron chi connectivity index (χ3n) is 9.56. The summed E-state index contributed by atoms with van der Waals surface area (Å²) in [5.74, 6) is 9.36. The summed E-state index contributed by atoms with van der Waals surface area (Å²) < 4.78 is 0. The monoisotopic (exact) mass is 332 g/mol. The minimum absolute atomic E-state index is 0.140. The van der Waals surface area contributed by atoms with Crippen molar-refractivity contribution in [3.8, 4) is 0 Å². The van der Waals surface area contributed by atoms with Crippen LogP contribution in [0.3, 0.4) is 0 Å². The Labute approximate surface area is 147 Å².